The first-order valence-electron chi connectivity index (χ1n) is 7.67. The Morgan fingerprint density at radius 3 is 1.62 bits per heavy atom. The highest BCUT2D eigenvalue weighted by molar-refractivity contribution is 8.88. The molecule has 0 aliphatic heterocycles. The van der Waals surface area contributed by atoms with Crippen molar-refractivity contribution in [2.75, 3.05) is 0 Å². The maximum Gasteiger partial charge on any atom is 0.0262 e. The maximum absolute atomic E-state index is 2.26. The molecule has 2 aromatic rings. The molecule has 0 atom stereocenters. The summed E-state index contributed by atoms with van der Waals surface area (Å²) >= 11 is 4.24. The standard InChI is InChI=1S/C18H21PS2/c1-4-10-16(11-5-1)19(20-17-12-6-2-7-13-17)21-18-14-8-3-9-15-18/h2-3,6-9,12-16H,1,4-5,10-11H2. The number of benzene rings is 2. The monoisotopic (exact) mass is 332 g/mol. The lowest BCUT2D eigenvalue weighted by molar-refractivity contribution is 0.514. The Morgan fingerprint density at radius 1 is 0.667 bits per heavy atom. The largest absolute Gasteiger partial charge is 0.0865 e. The van der Waals surface area contributed by atoms with Crippen LogP contribution in [0.5, 0.6) is 0 Å². The Morgan fingerprint density at radius 2 is 1.14 bits per heavy atom. The van der Waals surface area contributed by atoms with Crippen molar-refractivity contribution in [2.24, 2.45) is 0 Å². The summed E-state index contributed by atoms with van der Waals surface area (Å²) in [5.74, 6) is 0. The summed E-state index contributed by atoms with van der Waals surface area (Å²) in [5.41, 5.74) is 0.907. The molecule has 0 bridgehead atoms. The molecule has 110 valence electrons. The Hall–Kier alpha value is -0.430. The van der Waals surface area contributed by atoms with Crippen molar-refractivity contribution in [3.63, 3.8) is 0 Å². The molecule has 0 saturated heterocycles. The van der Waals surface area contributed by atoms with Gasteiger partial charge < -0.3 is 0 Å². The Kier molecular flexibility index (Phi) is 6.09. The van der Waals surface area contributed by atoms with Crippen LogP contribution < -0.4 is 0 Å². The van der Waals surface area contributed by atoms with Crippen LogP contribution in [0.1, 0.15) is 32.1 Å². The van der Waals surface area contributed by atoms with E-state index in [9.17, 15) is 0 Å². The van der Waals surface area contributed by atoms with E-state index in [1.165, 1.54) is 41.9 Å². The fourth-order valence-corrected chi connectivity index (χ4v) is 10.9. The summed E-state index contributed by atoms with van der Waals surface area (Å²) in [6, 6.07) is 21.9. The summed E-state index contributed by atoms with van der Waals surface area (Å²) in [7, 11) is 0. The normalized spacial score (nSPS) is 16.2. The predicted molar refractivity (Wildman–Crippen MR) is 98.4 cm³/mol. The molecule has 2 aromatic carbocycles. The van der Waals surface area contributed by atoms with E-state index < -0.39 is 0 Å². The molecule has 0 nitrogen and oxygen atoms in total. The van der Waals surface area contributed by atoms with E-state index >= 15 is 0 Å². The average Bonchev–Trinajstić information content (AvgIpc) is 2.57. The minimum absolute atomic E-state index is 0.0981. The highest BCUT2D eigenvalue weighted by Crippen LogP contribution is 2.71. The van der Waals surface area contributed by atoms with Gasteiger partial charge in [0.15, 0.2) is 0 Å². The molecular formula is C18H21PS2. The lowest BCUT2D eigenvalue weighted by atomic mass is 10.0. The molecule has 3 heteroatoms. The second-order valence-corrected chi connectivity index (χ2v) is 12.1. The number of hydrogen-bond donors (Lipinski definition) is 0. The van der Waals surface area contributed by atoms with Crippen LogP contribution in [0.4, 0.5) is 0 Å². The molecule has 0 unspecified atom stereocenters. The Labute approximate surface area is 137 Å². The van der Waals surface area contributed by atoms with Gasteiger partial charge in [0.25, 0.3) is 0 Å². The van der Waals surface area contributed by atoms with Gasteiger partial charge in [-0.3, -0.25) is 0 Å². The van der Waals surface area contributed by atoms with Gasteiger partial charge in [0.05, 0.1) is 0 Å². The van der Waals surface area contributed by atoms with Gasteiger partial charge in [0.2, 0.25) is 0 Å². The van der Waals surface area contributed by atoms with E-state index in [1.807, 2.05) is 0 Å². The van der Waals surface area contributed by atoms with Crippen LogP contribution in [0.3, 0.4) is 0 Å². The van der Waals surface area contributed by atoms with Gasteiger partial charge >= 0.3 is 0 Å². The molecule has 1 fully saturated rings. The zero-order valence-corrected chi connectivity index (χ0v) is 14.7. The van der Waals surface area contributed by atoms with E-state index in [-0.39, 0.29) is 6.33 Å². The zero-order valence-electron chi connectivity index (χ0n) is 12.2. The SMILES string of the molecule is c1ccc(SP(Sc2ccccc2)C2CCCCC2)cc1. The van der Waals surface area contributed by atoms with Crippen LogP contribution in [0, 0.1) is 0 Å². The fraction of sp³-hybridized carbons (Fsp3) is 0.333. The van der Waals surface area contributed by atoms with Crippen molar-refractivity contribution in [3.8, 4) is 0 Å². The second-order valence-electron chi connectivity index (χ2n) is 5.39. The van der Waals surface area contributed by atoms with Gasteiger partial charge in [-0.05, 0) is 42.8 Å². The molecule has 0 spiro atoms. The quantitative estimate of drug-likeness (QED) is 0.530. The summed E-state index contributed by atoms with van der Waals surface area (Å²) in [5, 5.41) is 0. The van der Waals surface area contributed by atoms with Crippen LogP contribution in [-0.2, 0) is 0 Å². The summed E-state index contributed by atoms with van der Waals surface area (Å²) in [4.78, 5) is 2.86. The first-order valence-corrected chi connectivity index (χ1v) is 11.9. The Bertz CT molecular complexity index is 482. The molecule has 0 N–H and O–H groups in total. The minimum Gasteiger partial charge on any atom is -0.0865 e. The number of rotatable bonds is 5. The van der Waals surface area contributed by atoms with Gasteiger partial charge in [-0.1, -0.05) is 78.4 Å². The summed E-state index contributed by atoms with van der Waals surface area (Å²) < 4.78 is 0. The third-order valence-electron chi connectivity index (χ3n) is 3.75. The van der Waals surface area contributed by atoms with Crippen LogP contribution >= 0.6 is 29.1 Å². The second kappa shape index (κ2) is 8.27. The van der Waals surface area contributed by atoms with Crippen molar-refractivity contribution >= 4 is 29.1 Å². The van der Waals surface area contributed by atoms with E-state index in [4.69, 9.17) is 0 Å². The minimum atomic E-state index is -0.0981. The van der Waals surface area contributed by atoms with Crippen molar-refractivity contribution in [1.29, 1.82) is 0 Å². The van der Waals surface area contributed by atoms with Crippen LogP contribution in [0.15, 0.2) is 70.5 Å². The number of hydrogen-bond acceptors (Lipinski definition) is 2. The predicted octanol–water partition coefficient (Wildman–Crippen LogP) is 7.22. The maximum atomic E-state index is 2.26. The van der Waals surface area contributed by atoms with Gasteiger partial charge in [0, 0.05) is 16.1 Å². The third-order valence-corrected chi connectivity index (χ3v) is 11.7. The zero-order chi connectivity index (χ0) is 14.3. The lowest BCUT2D eigenvalue weighted by Gasteiger charge is -2.29. The molecule has 21 heavy (non-hydrogen) atoms. The van der Waals surface area contributed by atoms with Crippen LogP contribution in [0.25, 0.3) is 0 Å². The van der Waals surface area contributed by atoms with Crippen LogP contribution in [0.2, 0.25) is 0 Å². The fourth-order valence-electron chi connectivity index (χ4n) is 2.63. The van der Waals surface area contributed by atoms with E-state index in [0.717, 1.165) is 5.66 Å². The first-order chi connectivity index (χ1) is 10.4. The summed E-state index contributed by atoms with van der Waals surface area (Å²) in [6.45, 7) is 0. The lowest BCUT2D eigenvalue weighted by Crippen LogP contribution is -2.08. The van der Waals surface area contributed by atoms with Crippen molar-refractivity contribution in [2.45, 2.75) is 47.6 Å². The molecule has 1 saturated carbocycles. The summed E-state index contributed by atoms with van der Waals surface area (Å²) in [6.07, 6.45) is 7.03. The molecule has 3 rings (SSSR count). The Balaban J connectivity index is 1.73. The van der Waals surface area contributed by atoms with Crippen molar-refractivity contribution in [3.05, 3.63) is 60.7 Å². The van der Waals surface area contributed by atoms with Crippen molar-refractivity contribution < 1.29 is 0 Å². The highest BCUT2D eigenvalue weighted by atomic mass is 33.1. The molecular weight excluding hydrogens is 311 g/mol. The average molecular weight is 332 g/mol. The molecule has 1 aliphatic rings. The van der Waals surface area contributed by atoms with E-state index in [2.05, 4.69) is 83.4 Å². The molecule has 0 aromatic heterocycles. The van der Waals surface area contributed by atoms with Gasteiger partial charge in [-0.2, -0.15) is 0 Å². The van der Waals surface area contributed by atoms with Crippen LogP contribution in [-0.4, -0.2) is 5.66 Å². The topological polar surface area (TPSA) is 0 Å². The molecule has 0 heterocycles. The highest BCUT2D eigenvalue weighted by Gasteiger charge is 2.25. The first kappa shape index (κ1) is 15.5. The van der Waals surface area contributed by atoms with Crippen molar-refractivity contribution in [1.82, 2.24) is 0 Å². The smallest absolute Gasteiger partial charge is 0.0262 e. The molecule has 0 radical (unpaired) electrons. The van der Waals surface area contributed by atoms with E-state index in [0.29, 0.717) is 0 Å². The third kappa shape index (κ3) is 4.77. The van der Waals surface area contributed by atoms with Gasteiger partial charge in [-0.15, -0.1) is 0 Å². The van der Waals surface area contributed by atoms with E-state index in [1.54, 1.807) is 0 Å². The van der Waals surface area contributed by atoms with Gasteiger partial charge in [-0.25, -0.2) is 0 Å². The molecule has 0 amide bonds. The molecule has 1 aliphatic carbocycles. The van der Waals surface area contributed by atoms with Gasteiger partial charge in [0.1, 0.15) is 0 Å².